The number of aromatic nitrogens is 2. The van der Waals surface area contributed by atoms with Crippen molar-refractivity contribution in [1.29, 1.82) is 0 Å². The number of hydrogen-bond donors (Lipinski definition) is 1. The Morgan fingerprint density at radius 1 is 1.35 bits per heavy atom. The summed E-state index contributed by atoms with van der Waals surface area (Å²) in [7, 11) is -3.53. The average Bonchev–Trinajstić information content (AvgIpc) is 2.31. The third-order valence-corrected chi connectivity index (χ3v) is 4.54. The second kappa shape index (κ2) is 5.70. The normalized spacial score (nSPS) is 20.6. The third-order valence-electron chi connectivity index (χ3n) is 2.54. The SMILES string of the molecule is Cl.O=S(=O)(c1ncc(F)cn1)C1CCCNC1. The lowest BCUT2D eigenvalue weighted by Gasteiger charge is -2.21. The second-order valence-corrected chi connectivity index (χ2v) is 5.82. The maximum atomic E-state index is 12.6. The number of rotatable bonds is 2. The van der Waals surface area contributed by atoms with Crippen molar-refractivity contribution in [3.8, 4) is 0 Å². The molecule has 1 unspecified atom stereocenters. The number of piperidine rings is 1. The van der Waals surface area contributed by atoms with Crippen molar-refractivity contribution in [3.63, 3.8) is 0 Å². The molecule has 0 bridgehead atoms. The average molecular weight is 282 g/mol. The topological polar surface area (TPSA) is 72.0 Å². The highest BCUT2D eigenvalue weighted by Crippen LogP contribution is 2.17. The van der Waals surface area contributed by atoms with Crippen LogP contribution in [0.4, 0.5) is 4.39 Å². The predicted octanol–water partition coefficient (Wildman–Crippen LogP) is 0.563. The second-order valence-electron chi connectivity index (χ2n) is 3.70. The summed E-state index contributed by atoms with van der Waals surface area (Å²) in [6.07, 6.45) is 3.15. The molecule has 1 fully saturated rings. The molecule has 1 aliphatic heterocycles. The Hall–Kier alpha value is -0.790. The molecule has 8 heteroatoms. The van der Waals surface area contributed by atoms with Crippen LogP contribution < -0.4 is 5.32 Å². The smallest absolute Gasteiger partial charge is 0.247 e. The Kier molecular flexibility index (Phi) is 4.79. The van der Waals surface area contributed by atoms with Crippen LogP contribution in [-0.2, 0) is 9.84 Å². The zero-order valence-electron chi connectivity index (χ0n) is 8.97. The summed E-state index contributed by atoms with van der Waals surface area (Å²) in [6, 6.07) is 0. The van der Waals surface area contributed by atoms with Crippen molar-refractivity contribution in [2.45, 2.75) is 23.2 Å². The summed E-state index contributed by atoms with van der Waals surface area (Å²) >= 11 is 0. The molecule has 0 spiro atoms. The molecule has 1 aliphatic rings. The van der Waals surface area contributed by atoms with Gasteiger partial charge in [-0.2, -0.15) is 0 Å². The predicted molar refractivity (Wildman–Crippen MR) is 62.3 cm³/mol. The van der Waals surface area contributed by atoms with E-state index >= 15 is 0 Å². The van der Waals surface area contributed by atoms with Gasteiger partial charge in [0.05, 0.1) is 17.6 Å². The number of sulfone groups is 1. The van der Waals surface area contributed by atoms with Crippen LogP contribution in [0.5, 0.6) is 0 Å². The molecule has 96 valence electrons. The first-order valence-electron chi connectivity index (χ1n) is 5.03. The zero-order chi connectivity index (χ0) is 11.6. The van der Waals surface area contributed by atoms with E-state index in [1.165, 1.54) is 0 Å². The molecule has 1 aromatic rings. The highest BCUT2D eigenvalue weighted by molar-refractivity contribution is 7.91. The van der Waals surface area contributed by atoms with Crippen LogP contribution in [0.15, 0.2) is 17.6 Å². The highest BCUT2D eigenvalue weighted by atomic mass is 35.5. The minimum atomic E-state index is -3.53. The van der Waals surface area contributed by atoms with Gasteiger partial charge in [-0.25, -0.2) is 22.8 Å². The number of nitrogens with one attached hydrogen (secondary N) is 1. The Labute approximate surface area is 105 Å². The van der Waals surface area contributed by atoms with Crippen LogP contribution in [0.1, 0.15) is 12.8 Å². The molecule has 1 atom stereocenters. The molecule has 0 radical (unpaired) electrons. The molecular formula is C9H13ClFN3O2S. The summed E-state index contributed by atoms with van der Waals surface area (Å²) in [5.41, 5.74) is 0. The molecule has 0 aliphatic carbocycles. The van der Waals surface area contributed by atoms with E-state index in [0.717, 1.165) is 25.4 Å². The molecule has 2 heterocycles. The van der Waals surface area contributed by atoms with E-state index in [0.29, 0.717) is 13.0 Å². The van der Waals surface area contributed by atoms with Crippen LogP contribution in [0.25, 0.3) is 0 Å². The quantitative estimate of drug-likeness (QED) is 0.802. The van der Waals surface area contributed by atoms with Gasteiger partial charge in [-0.1, -0.05) is 0 Å². The van der Waals surface area contributed by atoms with E-state index in [-0.39, 0.29) is 17.6 Å². The van der Waals surface area contributed by atoms with Gasteiger partial charge in [0.2, 0.25) is 15.0 Å². The fourth-order valence-electron chi connectivity index (χ4n) is 1.68. The first kappa shape index (κ1) is 14.3. The molecular weight excluding hydrogens is 269 g/mol. The van der Waals surface area contributed by atoms with Gasteiger partial charge in [0.1, 0.15) is 0 Å². The lowest BCUT2D eigenvalue weighted by atomic mass is 10.2. The standard InChI is InChI=1S/C9H12FN3O2S.ClH/c10-7-4-12-9(13-5-7)16(14,15)8-2-1-3-11-6-8;/h4-5,8,11H,1-3,6H2;1H. The minimum absolute atomic E-state index is 0. The molecule has 2 rings (SSSR count). The fourth-order valence-corrected chi connectivity index (χ4v) is 3.19. The monoisotopic (exact) mass is 281 g/mol. The molecule has 0 amide bonds. The Morgan fingerprint density at radius 2 is 2.00 bits per heavy atom. The van der Waals surface area contributed by atoms with Crippen LogP contribution in [-0.4, -0.2) is 36.7 Å². The van der Waals surface area contributed by atoms with E-state index in [9.17, 15) is 12.8 Å². The van der Waals surface area contributed by atoms with E-state index in [1.807, 2.05) is 0 Å². The van der Waals surface area contributed by atoms with Crippen molar-refractivity contribution in [2.75, 3.05) is 13.1 Å². The summed E-state index contributed by atoms with van der Waals surface area (Å²) in [6.45, 7) is 1.24. The van der Waals surface area contributed by atoms with Crippen molar-refractivity contribution in [3.05, 3.63) is 18.2 Å². The van der Waals surface area contributed by atoms with E-state index in [4.69, 9.17) is 0 Å². The largest absolute Gasteiger partial charge is 0.315 e. The number of nitrogens with zero attached hydrogens (tertiary/aromatic N) is 2. The van der Waals surface area contributed by atoms with Crippen molar-refractivity contribution < 1.29 is 12.8 Å². The molecule has 1 N–H and O–H groups in total. The number of halogens is 2. The van der Waals surface area contributed by atoms with Gasteiger partial charge >= 0.3 is 0 Å². The summed E-state index contributed by atoms with van der Waals surface area (Å²) in [4.78, 5) is 7.05. The molecule has 0 saturated carbocycles. The zero-order valence-corrected chi connectivity index (χ0v) is 10.6. The minimum Gasteiger partial charge on any atom is -0.315 e. The molecule has 1 aromatic heterocycles. The molecule has 17 heavy (non-hydrogen) atoms. The first-order valence-corrected chi connectivity index (χ1v) is 6.57. The lowest BCUT2D eigenvalue weighted by Crippen LogP contribution is -2.39. The molecule has 1 saturated heterocycles. The van der Waals surface area contributed by atoms with Gasteiger partial charge in [0, 0.05) is 6.54 Å². The summed E-state index contributed by atoms with van der Waals surface area (Å²) in [5.74, 6) is -0.638. The van der Waals surface area contributed by atoms with Crippen molar-refractivity contribution in [2.24, 2.45) is 0 Å². The van der Waals surface area contributed by atoms with E-state index < -0.39 is 20.9 Å². The van der Waals surface area contributed by atoms with Crippen molar-refractivity contribution in [1.82, 2.24) is 15.3 Å². The Morgan fingerprint density at radius 3 is 2.53 bits per heavy atom. The van der Waals surface area contributed by atoms with Crippen LogP contribution >= 0.6 is 12.4 Å². The third kappa shape index (κ3) is 3.11. The van der Waals surface area contributed by atoms with Gasteiger partial charge in [0.25, 0.3) is 0 Å². The summed E-state index contributed by atoms with van der Waals surface area (Å²) in [5, 5.41) is 2.22. The Bertz CT molecular complexity index is 460. The lowest BCUT2D eigenvalue weighted by molar-refractivity contribution is 0.492. The van der Waals surface area contributed by atoms with E-state index in [2.05, 4.69) is 15.3 Å². The highest BCUT2D eigenvalue weighted by Gasteiger charge is 2.31. The Balaban J connectivity index is 0.00000144. The molecule has 5 nitrogen and oxygen atoms in total. The van der Waals surface area contributed by atoms with Gasteiger partial charge in [0.15, 0.2) is 5.82 Å². The number of hydrogen-bond acceptors (Lipinski definition) is 5. The fraction of sp³-hybridized carbons (Fsp3) is 0.556. The van der Waals surface area contributed by atoms with Crippen LogP contribution in [0.2, 0.25) is 0 Å². The summed E-state index contributed by atoms with van der Waals surface area (Å²) < 4.78 is 36.6. The maximum Gasteiger partial charge on any atom is 0.247 e. The van der Waals surface area contributed by atoms with E-state index in [1.54, 1.807) is 0 Å². The van der Waals surface area contributed by atoms with Crippen molar-refractivity contribution >= 4 is 22.2 Å². The maximum absolute atomic E-state index is 12.6. The van der Waals surface area contributed by atoms with Gasteiger partial charge in [-0.3, -0.25) is 0 Å². The first-order chi connectivity index (χ1) is 7.60. The van der Waals surface area contributed by atoms with Crippen LogP contribution in [0, 0.1) is 5.82 Å². The van der Waals surface area contributed by atoms with Gasteiger partial charge in [-0.05, 0) is 19.4 Å². The van der Waals surface area contributed by atoms with Crippen LogP contribution in [0.3, 0.4) is 0 Å². The molecule has 0 aromatic carbocycles. The van der Waals surface area contributed by atoms with Gasteiger partial charge in [-0.15, -0.1) is 12.4 Å². The van der Waals surface area contributed by atoms with Gasteiger partial charge < -0.3 is 5.32 Å².